The van der Waals surface area contributed by atoms with Crippen LogP contribution in [0.25, 0.3) is 10.9 Å². The highest BCUT2D eigenvalue weighted by molar-refractivity contribution is 5.94. The van der Waals surface area contributed by atoms with Gasteiger partial charge in [0.15, 0.2) is 0 Å². The standard InChI is InChI=1S/C21H26N2O/c1-24-16-10-11-20-18(14-16)21(17-8-4-5-9-19(17)23-20)22-13-12-15-6-2-3-7-15/h2-3,10-11,14-15H,4-9,12-13H2,1H3,(H,22,23). The van der Waals surface area contributed by atoms with Crippen molar-refractivity contribution in [3.63, 3.8) is 0 Å². The number of nitrogens with zero attached hydrogens (tertiary/aromatic N) is 1. The largest absolute Gasteiger partial charge is 0.497 e. The Morgan fingerprint density at radius 2 is 2.00 bits per heavy atom. The van der Waals surface area contributed by atoms with Crippen LogP contribution in [0.2, 0.25) is 0 Å². The quantitative estimate of drug-likeness (QED) is 0.796. The van der Waals surface area contributed by atoms with Crippen molar-refractivity contribution in [3.8, 4) is 5.75 Å². The fourth-order valence-corrected chi connectivity index (χ4v) is 4.04. The third-order valence-corrected chi connectivity index (χ3v) is 5.43. The molecule has 2 aliphatic rings. The number of fused-ring (bicyclic) bond motifs is 2. The van der Waals surface area contributed by atoms with Gasteiger partial charge in [0, 0.05) is 23.3 Å². The van der Waals surface area contributed by atoms with Gasteiger partial charge in [0.25, 0.3) is 0 Å². The van der Waals surface area contributed by atoms with E-state index in [4.69, 9.17) is 9.72 Å². The fourth-order valence-electron chi connectivity index (χ4n) is 4.04. The Hall–Kier alpha value is -2.03. The number of aryl methyl sites for hydroxylation is 1. The smallest absolute Gasteiger partial charge is 0.119 e. The Morgan fingerprint density at radius 3 is 2.83 bits per heavy atom. The van der Waals surface area contributed by atoms with Crippen molar-refractivity contribution < 1.29 is 4.74 Å². The number of ether oxygens (including phenoxy) is 1. The van der Waals surface area contributed by atoms with E-state index in [1.165, 1.54) is 54.4 Å². The lowest BCUT2D eigenvalue weighted by atomic mass is 9.92. The first kappa shape index (κ1) is 15.5. The number of anilines is 1. The SMILES string of the molecule is COc1ccc2nc3c(c(NCCC4CC=CC4)c2c1)CCCC3. The molecule has 24 heavy (non-hydrogen) atoms. The summed E-state index contributed by atoms with van der Waals surface area (Å²) in [5.74, 6) is 1.72. The number of hydrogen-bond acceptors (Lipinski definition) is 3. The molecular formula is C21H26N2O. The summed E-state index contributed by atoms with van der Waals surface area (Å²) in [6, 6.07) is 6.24. The summed E-state index contributed by atoms with van der Waals surface area (Å²) in [6.07, 6.45) is 13.1. The molecule has 0 spiro atoms. The zero-order valence-electron chi connectivity index (χ0n) is 14.5. The van der Waals surface area contributed by atoms with Crippen molar-refractivity contribution in [1.29, 1.82) is 0 Å². The maximum atomic E-state index is 5.44. The van der Waals surface area contributed by atoms with Crippen LogP contribution in [0.4, 0.5) is 5.69 Å². The molecule has 2 aromatic rings. The van der Waals surface area contributed by atoms with Gasteiger partial charge < -0.3 is 10.1 Å². The van der Waals surface area contributed by atoms with Crippen LogP contribution < -0.4 is 10.1 Å². The van der Waals surface area contributed by atoms with Crippen LogP contribution in [0.5, 0.6) is 5.75 Å². The summed E-state index contributed by atoms with van der Waals surface area (Å²) in [6.45, 7) is 1.04. The average molecular weight is 322 g/mol. The molecule has 1 aromatic carbocycles. The molecule has 0 aliphatic heterocycles. The molecule has 0 fully saturated rings. The van der Waals surface area contributed by atoms with E-state index in [1.807, 2.05) is 6.07 Å². The van der Waals surface area contributed by atoms with Crippen molar-refractivity contribution in [3.05, 3.63) is 41.6 Å². The van der Waals surface area contributed by atoms with Crippen molar-refractivity contribution in [2.45, 2.75) is 44.9 Å². The van der Waals surface area contributed by atoms with Gasteiger partial charge in [0.2, 0.25) is 0 Å². The number of rotatable bonds is 5. The highest BCUT2D eigenvalue weighted by Crippen LogP contribution is 2.35. The van der Waals surface area contributed by atoms with Gasteiger partial charge in [-0.05, 0) is 74.6 Å². The molecule has 3 heteroatoms. The number of nitrogens with one attached hydrogen (secondary N) is 1. The first-order chi connectivity index (χ1) is 11.8. The van der Waals surface area contributed by atoms with Gasteiger partial charge in [0.05, 0.1) is 12.6 Å². The molecule has 2 aliphatic carbocycles. The normalized spacial score (nSPS) is 17.2. The Balaban J connectivity index is 1.66. The second-order valence-corrected chi connectivity index (χ2v) is 7.03. The molecule has 0 radical (unpaired) electrons. The zero-order chi connectivity index (χ0) is 16.4. The van der Waals surface area contributed by atoms with Crippen LogP contribution in [0.1, 0.15) is 43.4 Å². The molecule has 126 valence electrons. The Kier molecular flexibility index (Phi) is 4.42. The Bertz CT molecular complexity index is 758. The summed E-state index contributed by atoms with van der Waals surface area (Å²) in [5, 5.41) is 4.98. The first-order valence-electron chi connectivity index (χ1n) is 9.23. The lowest BCUT2D eigenvalue weighted by Gasteiger charge is -2.22. The minimum absolute atomic E-state index is 0.816. The van der Waals surface area contributed by atoms with Crippen molar-refractivity contribution in [1.82, 2.24) is 4.98 Å². The number of benzene rings is 1. The van der Waals surface area contributed by atoms with E-state index in [1.54, 1.807) is 7.11 Å². The molecule has 1 heterocycles. The van der Waals surface area contributed by atoms with Crippen LogP contribution >= 0.6 is 0 Å². The minimum Gasteiger partial charge on any atom is -0.497 e. The van der Waals surface area contributed by atoms with Crippen molar-refractivity contribution in [2.75, 3.05) is 19.0 Å². The van der Waals surface area contributed by atoms with Gasteiger partial charge in [-0.25, -0.2) is 0 Å². The molecular weight excluding hydrogens is 296 g/mol. The number of aromatic nitrogens is 1. The van der Waals surface area contributed by atoms with Gasteiger partial charge >= 0.3 is 0 Å². The number of pyridine rings is 1. The van der Waals surface area contributed by atoms with Crippen LogP contribution in [0.15, 0.2) is 30.4 Å². The predicted octanol–water partition coefficient (Wildman–Crippen LogP) is 4.89. The third-order valence-electron chi connectivity index (χ3n) is 5.43. The van der Waals surface area contributed by atoms with E-state index >= 15 is 0 Å². The molecule has 0 saturated heterocycles. The number of allylic oxidation sites excluding steroid dienone is 2. The maximum absolute atomic E-state index is 5.44. The lowest BCUT2D eigenvalue weighted by Crippen LogP contribution is -2.13. The molecule has 1 aromatic heterocycles. The van der Waals surface area contributed by atoms with E-state index < -0.39 is 0 Å². The van der Waals surface area contributed by atoms with Gasteiger partial charge in [-0.1, -0.05) is 12.2 Å². The van der Waals surface area contributed by atoms with Crippen LogP contribution in [-0.4, -0.2) is 18.6 Å². The summed E-state index contributed by atoms with van der Waals surface area (Å²) in [5.41, 5.74) is 5.12. The molecule has 0 unspecified atom stereocenters. The Morgan fingerprint density at radius 1 is 1.17 bits per heavy atom. The fraction of sp³-hybridized carbons (Fsp3) is 0.476. The van der Waals surface area contributed by atoms with Crippen molar-refractivity contribution >= 4 is 16.6 Å². The highest BCUT2D eigenvalue weighted by atomic mass is 16.5. The summed E-state index contributed by atoms with van der Waals surface area (Å²) >= 11 is 0. The zero-order valence-corrected chi connectivity index (χ0v) is 14.5. The molecule has 4 rings (SSSR count). The monoisotopic (exact) mass is 322 g/mol. The number of methoxy groups -OCH3 is 1. The number of hydrogen-bond donors (Lipinski definition) is 1. The lowest BCUT2D eigenvalue weighted by molar-refractivity contribution is 0.415. The predicted molar refractivity (Wildman–Crippen MR) is 99.9 cm³/mol. The van der Waals surface area contributed by atoms with Gasteiger partial charge in [-0.2, -0.15) is 0 Å². The second-order valence-electron chi connectivity index (χ2n) is 7.03. The highest BCUT2D eigenvalue weighted by Gasteiger charge is 2.19. The minimum atomic E-state index is 0.816. The van der Waals surface area contributed by atoms with Gasteiger partial charge in [0.1, 0.15) is 5.75 Å². The first-order valence-corrected chi connectivity index (χ1v) is 9.23. The van der Waals surface area contributed by atoms with Gasteiger partial charge in [-0.15, -0.1) is 0 Å². The summed E-state index contributed by atoms with van der Waals surface area (Å²) < 4.78 is 5.44. The van der Waals surface area contributed by atoms with E-state index in [0.29, 0.717) is 0 Å². The molecule has 3 nitrogen and oxygen atoms in total. The van der Waals surface area contributed by atoms with E-state index in [-0.39, 0.29) is 0 Å². The van der Waals surface area contributed by atoms with E-state index in [9.17, 15) is 0 Å². The van der Waals surface area contributed by atoms with E-state index in [0.717, 1.165) is 36.6 Å². The van der Waals surface area contributed by atoms with Crippen LogP contribution in [0.3, 0.4) is 0 Å². The average Bonchev–Trinajstić information content (AvgIpc) is 3.14. The molecule has 0 atom stereocenters. The summed E-state index contributed by atoms with van der Waals surface area (Å²) in [7, 11) is 1.73. The topological polar surface area (TPSA) is 34.1 Å². The van der Waals surface area contributed by atoms with Crippen LogP contribution in [-0.2, 0) is 12.8 Å². The van der Waals surface area contributed by atoms with Crippen molar-refractivity contribution in [2.24, 2.45) is 5.92 Å². The summed E-state index contributed by atoms with van der Waals surface area (Å²) in [4.78, 5) is 4.93. The maximum Gasteiger partial charge on any atom is 0.119 e. The molecule has 0 saturated carbocycles. The molecule has 1 N–H and O–H groups in total. The second kappa shape index (κ2) is 6.84. The van der Waals surface area contributed by atoms with Crippen LogP contribution in [0, 0.1) is 5.92 Å². The molecule has 0 bridgehead atoms. The van der Waals surface area contributed by atoms with Gasteiger partial charge in [-0.3, -0.25) is 4.98 Å². The Labute approximate surface area is 144 Å². The third kappa shape index (κ3) is 3.00. The van der Waals surface area contributed by atoms with E-state index in [2.05, 4.69) is 29.6 Å². The molecule has 0 amide bonds.